The molecule has 0 radical (unpaired) electrons. The number of pyridine rings is 1. The quantitative estimate of drug-likeness (QED) is 0.0587. The highest BCUT2D eigenvalue weighted by Crippen LogP contribution is 2.41. The molecule has 4 aliphatic rings. The Balaban J connectivity index is 1.09. The lowest BCUT2D eigenvalue weighted by Gasteiger charge is -2.29. The first-order valence-electron chi connectivity index (χ1n) is 22.8. The fraction of sp³-hybridized carbons (Fsp3) is 0.500. The van der Waals surface area contributed by atoms with Crippen LogP contribution in [0.25, 0.3) is 0 Å². The van der Waals surface area contributed by atoms with Crippen molar-refractivity contribution >= 4 is 48.2 Å². The molecule has 1 aromatic heterocycles. The third-order valence-electron chi connectivity index (χ3n) is 11.9. The van der Waals surface area contributed by atoms with Crippen LogP contribution in [0.5, 0.6) is 28.7 Å². The van der Waals surface area contributed by atoms with E-state index < -0.39 is 0 Å². The average molecular weight is 941 g/mol. The number of benzene rings is 2. The number of methoxy groups -OCH3 is 3. The van der Waals surface area contributed by atoms with E-state index in [-0.39, 0.29) is 41.9 Å². The van der Waals surface area contributed by atoms with Crippen LogP contribution in [0.1, 0.15) is 72.6 Å². The largest absolute Gasteiger partial charge is 0.493 e. The smallest absolute Gasteiger partial charge is 0.257 e. The van der Waals surface area contributed by atoms with Gasteiger partial charge in [-0.15, -0.1) is 0 Å². The SMILES string of the molecule is CC=C1C[C@H]2C=Nc3cc(OCc4cc(OCCN(CCOCCOCCOC)CC(C)(C)S)cc(COc5cc6c(cc5OC)C(=O)N5CC(=CC)C[C@H]5C=N6)n4)c(OC)cc3C(=O)N2C1. The molecule has 0 aliphatic carbocycles. The normalized spacial score (nSPS) is 18.8. The van der Waals surface area contributed by atoms with Gasteiger partial charge in [0.1, 0.15) is 25.6 Å². The molecule has 0 unspecified atom stereocenters. The molecule has 0 N–H and O–H groups in total. The third-order valence-corrected chi connectivity index (χ3v) is 12.1. The molecule has 0 spiro atoms. The molecule has 4 aliphatic heterocycles. The predicted octanol–water partition coefficient (Wildman–Crippen LogP) is 7.08. The summed E-state index contributed by atoms with van der Waals surface area (Å²) in [5.74, 6) is 1.99. The number of rotatable bonds is 23. The van der Waals surface area contributed by atoms with Crippen molar-refractivity contribution in [2.45, 2.75) is 70.6 Å². The molecular weight excluding hydrogens is 877 g/mol. The number of ether oxygens (including phenoxy) is 8. The van der Waals surface area contributed by atoms with Crippen LogP contribution < -0.4 is 23.7 Å². The molecule has 2 saturated heterocycles. The lowest BCUT2D eigenvalue weighted by molar-refractivity contribution is 0.0184. The van der Waals surface area contributed by atoms with Crippen molar-refractivity contribution in [1.29, 1.82) is 0 Å². The van der Waals surface area contributed by atoms with Crippen LogP contribution in [0.4, 0.5) is 11.4 Å². The molecular formula is C50H64N6O10S. The van der Waals surface area contributed by atoms with Gasteiger partial charge in [-0.3, -0.25) is 29.5 Å². The van der Waals surface area contributed by atoms with Crippen LogP contribution in [-0.2, 0) is 27.4 Å². The Morgan fingerprint density at radius 3 is 1.64 bits per heavy atom. The van der Waals surface area contributed by atoms with E-state index >= 15 is 0 Å². The summed E-state index contributed by atoms with van der Waals surface area (Å²) in [6.07, 6.45) is 9.31. The highest BCUT2D eigenvalue weighted by molar-refractivity contribution is 7.81. The third kappa shape index (κ3) is 12.8. The van der Waals surface area contributed by atoms with Crippen molar-refractivity contribution in [2.24, 2.45) is 9.98 Å². The minimum absolute atomic E-state index is 0.0362. The summed E-state index contributed by atoms with van der Waals surface area (Å²) in [7, 11) is 4.73. The maximum atomic E-state index is 13.7. The fourth-order valence-corrected chi connectivity index (χ4v) is 8.65. The van der Waals surface area contributed by atoms with Gasteiger partial charge < -0.3 is 47.7 Å². The van der Waals surface area contributed by atoms with Crippen LogP contribution in [0.2, 0.25) is 0 Å². The topological polar surface area (TPSA) is 155 Å². The van der Waals surface area contributed by atoms with Crippen molar-refractivity contribution in [3.05, 3.63) is 82.2 Å². The maximum absolute atomic E-state index is 13.7. The highest BCUT2D eigenvalue weighted by atomic mass is 32.1. The van der Waals surface area contributed by atoms with E-state index in [9.17, 15) is 9.59 Å². The fourth-order valence-electron chi connectivity index (χ4n) is 8.45. The number of allylic oxidation sites excluding steroid dienone is 2. The van der Waals surface area contributed by atoms with E-state index in [1.165, 1.54) is 11.1 Å². The molecule has 67 heavy (non-hydrogen) atoms. The van der Waals surface area contributed by atoms with Crippen molar-refractivity contribution in [1.82, 2.24) is 19.7 Å². The van der Waals surface area contributed by atoms with Gasteiger partial charge in [0.15, 0.2) is 23.0 Å². The van der Waals surface area contributed by atoms with E-state index in [4.69, 9.17) is 65.5 Å². The number of aliphatic imine (C=N–C) groups is 2. The van der Waals surface area contributed by atoms with E-state index in [0.717, 1.165) is 12.8 Å². The van der Waals surface area contributed by atoms with E-state index in [1.54, 1.807) is 45.6 Å². The first-order valence-corrected chi connectivity index (χ1v) is 23.2. The first kappa shape index (κ1) is 49.4. The molecule has 0 bridgehead atoms. The summed E-state index contributed by atoms with van der Waals surface area (Å²) in [6.45, 7) is 14.3. The zero-order valence-electron chi connectivity index (χ0n) is 39.7. The molecule has 0 saturated carbocycles. The monoisotopic (exact) mass is 940 g/mol. The second-order valence-corrected chi connectivity index (χ2v) is 18.6. The minimum Gasteiger partial charge on any atom is -0.493 e. The van der Waals surface area contributed by atoms with Gasteiger partial charge in [0.05, 0.1) is 93.2 Å². The van der Waals surface area contributed by atoms with Crippen LogP contribution in [0.15, 0.2) is 69.7 Å². The molecule has 2 aromatic carbocycles. The predicted molar refractivity (Wildman–Crippen MR) is 260 cm³/mol. The summed E-state index contributed by atoms with van der Waals surface area (Å²) < 4.78 is 46.9. The molecule has 3 aromatic rings. The van der Waals surface area contributed by atoms with E-state index in [2.05, 4.69) is 30.9 Å². The van der Waals surface area contributed by atoms with Crippen molar-refractivity contribution in [3.8, 4) is 28.7 Å². The Hall–Kier alpha value is -5.46. The summed E-state index contributed by atoms with van der Waals surface area (Å²) in [4.78, 5) is 47.8. The Kier molecular flexibility index (Phi) is 17.0. The molecule has 2 amide bonds. The molecule has 2 atom stereocenters. The summed E-state index contributed by atoms with van der Waals surface area (Å²) >= 11 is 4.81. The van der Waals surface area contributed by atoms with E-state index in [0.29, 0.717) is 135 Å². The number of aromatic nitrogens is 1. The van der Waals surface area contributed by atoms with Crippen molar-refractivity contribution in [2.75, 3.05) is 93.7 Å². The van der Waals surface area contributed by atoms with Crippen LogP contribution >= 0.6 is 12.6 Å². The second kappa shape index (κ2) is 23.0. The highest BCUT2D eigenvalue weighted by Gasteiger charge is 2.36. The number of nitrogens with zero attached hydrogens (tertiary/aromatic N) is 6. The summed E-state index contributed by atoms with van der Waals surface area (Å²) in [6, 6.07) is 10.3. The number of thiol groups is 1. The number of amides is 2. The van der Waals surface area contributed by atoms with Gasteiger partial charge in [-0.05, 0) is 52.7 Å². The van der Waals surface area contributed by atoms with Gasteiger partial charge in [0.25, 0.3) is 11.8 Å². The lowest BCUT2D eigenvalue weighted by Crippen LogP contribution is -2.39. The van der Waals surface area contributed by atoms with Crippen LogP contribution in [-0.4, -0.2) is 154 Å². The van der Waals surface area contributed by atoms with Crippen molar-refractivity contribution < 1.29 is 47.5 Å². The van der Waals surface area contributed by atoms with Gasteiger partial charge in [0.2, 0.25) is 0 Å². The van der Waals surface area contributed by atoms with Crippen LogP contribution in [0.3, 0.4) is 0 Å². The van der Waals surface area contributed by atoms with Gasteiger partial charge in [-0.25, -0.2) is 0 Å². The molecule has 17 heteroatoms. The molecule has 16 nitrogen and oxygen atoms in total. The average Bonchev–Trinajstić information content (AvgIpc) is 3.89. The Morgan fingerprint density at radius 1 is 0.672 bits per heavy atom. The number of carbonyl (C=O) groups is 2. The molecule has 360 valence electrons. The Morgan fingerprint density at radius 2 is 1.16 bits per heavy atom. The second-order valence-electron chi connectivity index (χ2n) is 17.4. The number of hydrogen-bond acceptors (Lipinski definition) is 15. The Bertz CT molecular complexity index is 2230. The molecule has 7 rings (SSSR count). The molecule has 2 fully saturated rings. The number of fused-ring (bicyclic) bond motifs is 4. The zero-order chi connectivity index (χ0) is 47.5. The lowest BCUT2D eigenvalue weighted by atomic mass is 10.1. The van der Waals surface area contributed by atoms with E-state index in [1.807, 2.05) is 48.2 Å². The van der Waals surface area contributed by atoms with Crippen LogP contribution in [0, 0.1) is 0 Å². The number of carbonyl (C=O) groups excluding carboxylic acids is 2. The summed E-state index contributed by atoms with van der Waals surface area (Å²) in [5.41, 5.74) is 5.45. The van der Waals surface area contributed by atoms with Gasteiger partial charge in [-0.1, -0.05) is 23.3 Å². The molecule has 5 heterocycles. The zero-order valence-corrected chi connectivity index (χ0v) is 40.6. The standard InChI is InChI=1S/C50H64N6O10S/c1-8-33-18-37-26-51-42-24-46(44(60-6)22-40(42)48(57)55(37)28-33)65-30-35-20-39(64-13-11-54(32-50(3,4)67)10-12-62-16-17-63-15-14-59-5)21-36(53-35)31-66-47-25-43-41(23-45(47)61-7)49(58)56-29-34(9-2)19-38(56)27-52-43/h8-9,20-27,37-38,67H,10-19,28-32H2,1-7H3/t37-,38-/m0/s1. The van der Waals surface area contributed by atoms with Gasteiger partial charge >= 0.3 is 0 Å². The van der Waals surface area contributed by atoms with Gasteiger partial charge in [-0.2, -0.15) is 12.6 Å². The Labute approximate surface area is 399 Å². The first-order chi connectivity index (χ1) is 32.4. The minimum atomic E-state index is -0.251. The maximum Gasteiger partial charge on any atom is 0.257 e. The van der Waals surface area contributed by atoms with Crippen molar-refractivity contribution in [3.63, 3.8) is 0 Å². The summed E-state index contributed by atoms with van der Waals surface area (Å²) in [5, 5.41) is 0. The number of hydrogen-bond donors (Lipinski definition) is 1. The van der Waals surface area contributed by atoms with Gasteiger partial charge in [0, 0.05) is 81.3 Å².